The third-order valence-electron chi connectivity index (χ3n) is 4.55. The largest absolute Gasteiger partial charge is 0.481 e. The maximum atomic E-state index is 13.0. The quantitative estimate of drug-likeness (QED) is 0.679. The SMILES string of the molecule is C#Cc1ccc(C(=O)c2c(CCC)cc3n2CCC3C(=O)O)cc1. The molecular weight excluding hydrogens is 302 g/mol. The number of hydrogen-bond donors (Lipinski definition) is 1. The number of fused-ring (bicyclic) bond motifs is 1. The topological polar surface area (TPSA) is 59.3 Å². The second-order valence-corrected chi connectivity index (χ2v) is 6.07. The van der Waals surface area contributed by atoms with Gasteiger partial charge in [-0.15, -0.1) is 6.42 Å². The number of carbonyl (C=O) groups excluding carboxylic acids is 1. The van der Waals surface area contributed by atoms with E-state index < -0.39 is 11.9 Å². The predicted octanol–water partition coefficient (Wildman–Crippen LogP) is 3.22. The Kier molecular flexibility index (Phi) is 4.26. The lowest BCUT2D eigenvalue weighted by Crippen LogP contribution is -2.11. The van der Waals surface area contributed by atoms with Crippen LogP contribution in [0.2, 0.25) is 0 Å². The molecule has 24 heavy (non-hydrogen) atoms. The summed E-state index contributed by atoms with van der Waals surface area (Å²) in [6.45, 7) is 2.62. The molecule has 4 nitrogen and oxygen atoms in total. The van der Waals surface area contributed by atoms with Crippen LogP contribution in [-0.4, -0.2) is 21.4 Å². The number of aryl methyl sites for hydroxylation is 1. The molecule has 4 heteroatoms. The van der Waals surface area contributed by atoms with Gasteiger partial charge < -0.3 is 9.67 Å². The van der Waals surface area contributed by atoms with Crippen LogP contribution < -0.4 is 0 Å². The van der Waals surface area contributed by atoms with Crippen LogP contribution in [0.5, 0.6) is 0 Å². The van der Waals surface area contributed by atoms with Crippen molar-refractivity contribution in [3.8, 4) is 12.3 Å². The van der Waals surface area contributed by atoms with E-state index in [1.807, 2.05) is 17.6 Å². The van der Waals surface area contributed by atoms with Crippen molar-refractivity contribution in [3.05, 3.63) is 58.4 Å². The summed E-state index contributed by atoms with van der Waals surface area (Å²) in [5, 5.41) is 9.39. The maximum Gasteiger partial charge on any atom is 0.312 e. The Morgan fingerprint density at radius 3 is 2.62 bits per heavy atom. The highest BCUT2D eigenvalue weighted by Crippen LogP contribution is 2.34. The van der Waals surface area contributed by atoms with E-state index in [1.54, 1.807) is 24.3 Å². The molecule has 3 rings (SSSR count). The summed E-state index contributed by atoms with van der Waals surface area (Å²) in [5.74, 6) is 1.12. The summed E-state index contributed by atoms with van der Waals surface area (Å²) in [4.78, 5) is 24.5. The molecule has 1 aromatic carbocycles. The average Bonchev–Trinajstić information content (AvgIpc) is 3.13. The molecule has 1 aliphatic rings. The number of ketones is 1. The number of benzene rings is 1. The van der Waals surface area contributed by atoms with Gasteiger partial charge in [0.25, 0.3) is 0 Å². The van der Waals surface area contributed by atoms with E-state index in [-0.39, 0.29) is 5.78 Å². The minimum absolute atomic E-state index is 0.0701. The van der Waals surface area contributed by atoms with Crippen molar-refractivity contribution >= 4 is 11.8 Å². The fourth-order valence-corrected chi connectivity index (χ4v) is 3.40. The van der Waals surface area contributed by atoms with Gasteiger partial charge in [0, 0.05) is 23.4 Å². The minimum atomic E-state index is -0.827. The van der Waals surface area contributed by atoms with Gasteiger partial charge in [-0.25, -0.2) is 0 Å². The number of carboxylic acids is 1. The zero-order valence-corrected chi connectivity index (χ0v) is 13.6. The molecular formula is C20H19NO3. The standard InChI is InChI=1S/C20H19NO3/c1-3-5-15-12-17-16(20(23)24)10-11-21(17)18(15)19(22)14-8-6-13(4-2)7-9-14/h2,6-9,12,16H,3,5,10-11H2,1H3,(H,23,24). The van der Waals surface area contributed by atoms with Crippen LogP contribution in [-0.2, 0) is 17.8 Å². The molecule has 1 aliphatic heterocycles. The Hall–Kier alpha value is -2.80. The zero-order chi connectivity index (χ0) is 17.3. The Labute approximate surface area is 141 Å². The highest BCUT2D eigenvalue weighted by Gasteiger charge is 2.33. The van der Waals surface area contributed by atoms with Crippen molar-refractivity contribution in [2.24, 2.45) is 0 Å². The van der Waals surface area contributed by atoms with Crippen molar-refractivity contribution in [1.29, 1.82) is 0 Å². The van der Waals surface area contributed by atoms with Crippen molar-refractivity contribution in [2.45, 2.75) is 38.6 Å². The lowest BCUT2D eigenvalue weighted by Gasteiger charge is -2.08. The molecule has 0 radical (unpaired) electrons. The Balaban J connectivity index is 2.06. The van der Waals surface area contributed by atoms with E-state index in [2.05, 4.69) is 5.92 Å². The van der Waals surface area contributed by atoms with Crippen molar-refractivity contribution in [2.75, 3.05) is 0 Å². The van der Waals surface area contributed by atoms with E-state index in [1.165, 1.54) is 0 Å². The normalized spacial score (nSPS) is 15.8. The van der Waals surface area contributed by atoms with Gasteiger partial charge in [-0.05, 0) is 48.7 Å². The van der Waals surface area contributed by atoms with E-state index in [9.17, 15) is 14.7 Å². The highest BCUT2D eigenvalue weighted by atomic mass is 16.4. The van der Waals surface area contributed by atoms with Gasteiger partial charge in [-0.3, -0.25) is 9.59 Å². The maximum absolute atomic E-state index is 13.0. The number of carboxylic acid groups (broad SMARTS) is 1. The van der Waals surface area contributed by atoms with Crippen LogP contribution in [0.15, 0.2) is 30.3 Å². The fourth-order valence-electron chi connectivity index (χ4n) is 3.40. The number of aromatic nitrogens is 1. The Morgan fingerprint density at radius 1 is 1.33 bits per heavy atom. The van der Waals surface area contributed by atoms with Crippen LogP contribution in [0.3, 0.4) is 0 Å². The van der Waals surface area contributed by atoms with Crippen LogP contribution in [0.1, 0.15) is 58.6 Å². The summed E-state index contributed by atoms with van der Waals surface area (Å²) in [6, 6.07) is 8.87. The van der Waals surface area contributed by atoms with Gasteiger partial charge >= 0.3 is 5.97 Å². The summed E-state index contributed by atoms with van der Waals surface area (Å²) in [7, 11) is 0. The summed E-state index contributed by atoms with van der Waals surface area (Å²) >= 11 is 0. The Bertz CT molecular complexity index is 837. The number of hydrogen-bond acceptors (Lipinski definition) is 2. The first kappa shape index (κ1) is 16.1. The molecule has 2 heterocycles. The van der Waals surface area contributed by atoms with Gasteiger partial charge in [-0.2, -0.15) is 0 Å². The molecule has 1 atom stereocenters. The highest BCUT2D eigenvalue weighted by molar-refractivity contribution is 6.09. The lowest BCUT2D eigenvalue weighted by molar-refractivity contribution is -0.138. The third-order valence-corrected chi connectivity index (χ3v) is 4.55. The average molecular weight is 321 g/mol. The second kappa shape index (κ2) is 6.37. The number of rotatable bonds is 5. The third kappa shape index (κ3) is 2.63. The first-order chi connectivity index (χ1) is 11.6. The molecule has 0 fully saturated rings. The first-order valence-corrected chi connectivity index (χ1v) is 8.13. The smallest absolute Gasteiger partial charge is 0.312 e. The monoisotopic (exact) mass is 321 g/mol. The van der Waals surface area contributed by atoms with Gasteiger partial charge in [0.05, 0.1) is 11.6 Å². The van der Waals surface area contributed by atoms with Crippen molar-refractivity contribution in [1.82, 2.24) is 4.57 Å². The van der Waals surface area contributed by atoms with Crippen molar-refractivity contribution in [3.63, 3.8) is 0 Å². The number of aliphatic carboxylic acids is 1. The molecule has 0 bridgehead atoms. The molecule has 0 saturated carbocycles. The van der Waals surface area contributed by atoms with E-state index in [0.717, 1.165) is 29.7 Å². The first-order valence-electron chi connectivity index (χ1n) is 8.13. The number of terminal acetylenes is 1. The fraction of sp³-hybridized carbons (Fsp3) is 0.300. The number of carbonyl (C=O) groups is 2. The van der Waals surface area contributed by atoms with Crippen LogP contribution in [0.25, 0.3) is 0 Å². The second-order valence-electron chi connectivity index (χ2n) is 6.07. The molecule has 2 aromatic rings. The van der Waals surface area contributed by atoms with E-state index >= 15 is 0 Å². The van der Waals surface area contributed by atoms with Gasteiger partial charge in [0.1, 0.15) is 0 Å². The molecule has 0 spiro atoms. The van der Waals surface area contributed by atoms with Gasteiger partial charge in [0.2, 0.25) is 5.78 Å². The lowest BCUT2D eigenvalue weighted by atomic mass is 9.99. The molecule has 122 valence electrons. The van der Waals surface area contributed by atoms with E-state index in [4.69, 9.17) is 6.42 Å². The molecule has 0 amide bonds. The van der Waals surface area contributed by atoms with Crippen LogP contribution >= 0.6 is 0 Å². The molecule has 1 N–H and O–H groups in total. The Morgan fingerprint density at radius 2 is 2.04 bits per heavy atom. The molecule has 1 unspecified atom stereocenters. The van der Waals surface area contributed by atoms with Crippen LogP contribution in [0.4, 0.5) is 0 Å². The molecule has 1 aromatic heterocycles. The van der Waals surface area contributed by atoms with Crippen molar-refractivity contribution < 1.29 is 14.7 Å². The minimum Gasteiger partial charge on any atom is -0.481 e. The predicted molar refractivity (Wildman–Crippen MR) is 91.2 cm³/mol. The van der Waals surface area contributed by atoms with E-state index in [0.29, 0.717) is 24.2 Å². The molecule has 0 saturated heterocycles. The molecule has 0 aliphatic carbocycles. The summed E-state index contributed by atoms with van der Waals surface area (Å²) < 4.78 is 1.89. The van der Waals surface area contributed by atoms with Gasteiger partial charge in [0.15, 0.2) is 0 Å². The summed E-state index contributed by atoms with van der Waals surface area (Å²) in [5.41, 5.74) is 3.61. The number of nitrogens with zero attached hydrogens (tertiary/aromatic N) is 1. The van der Waals surface area contributed by atoms with Gasteiger partial charge in [-0.1, -0.05) is 19.3 Å². The van der Waals surface area contributed by atoms with Crippen LogP contribution in [0, 0.1) is 12.3 Å². The summed E-state index contributed by atoms with van der Waals surface area (Å²) in [6.07, 6.45) is 7.55. The zero-order valence-electron chi connectivity index (χ0n) is 13.6.